The van der Waals surface area contributed by atoms with Crippen molar-refractivity contribution in [3.8, 4) is 17.1 Å². The van der Waals surface area contributed by atoms with Crippen molar-refractivity contribution in [3.05, 3.63) is 77.0 Å². The summed E-state index contributed by atoms with van der Waals surface area (Å²) in [6.07, 6.45) is 1.57. The molecule has 4 rings (SSSR count). The number of aryl methyl sites for hydroxylation is 1. The number of hydrogen-bond acceptors (Lipinski definition) is 4. The molecule has 0 bridgehead atoms. The Balaban J connectivity index is 1.87. The lowest BCUT2D eigenvalue weighted by atomic mass is 10.2. The van der Waals surface area contributed by atoms with Crippen molar-refractivity contribution in [2.24, 2.45) is 0 Å². The van der Waals surface area contributed by atoms with Crippen LogP contribution in [-0.4, -0.2) is 25.9 Å². The average molecular weight is 346 g/mol. The molecule has 2 heterocycles. The highest BCUT2D eigenvalue weighted by Crippen LogP contribution is 2.18. The quantitative estimate of drug-likeness (QED) is 0.569. The first-order valence-corrected chi connectivity index (χ1v) is 8.45. The van der Waals surface area contributed by atoms with Gasteiger partial charge >= 0.3 is 0 Å². The molecule has 0 aliphatic rings. The van der Waals surface area contributed by atoms with Crippen LogP contribution >= 0.6 is 0 Å². The van der Waals surface area contributed by atoms with Gasteiger partial charge in [0.1, 0.15) is 17.0 Å². The number of fused-ring (bicyclic) bond motifs is 1. The predicted octanol–water partition coefficient (Wildman–Crippen LogP) is 3.28. The van der Waals surface area contributed by atoms with E-state index in [2.05, 4.69) is 10.1 Å². The third kappa shape index (κ3) is 2.65. The van der Waals surface area contributed by atoms with Crippen LogP contribution in [0.3, 0.4) is 0 Å². The van der Waals surface area contributed by atoms with E-state index in [0.29, 0.717) is 23.5 Å². The summed E-state index contributed by atoms with van der Waals surface area (Å²) in [7, 11) is 0. The molecule has 6 nitrogen and oxygen atoms in total. The molecule has 26 heavy (non-hydrogen) atoms. The molecular weight excluding hydrogens is 328 g/mol. The number of ether oxygens (including phenoxy) is 1. The molecule has 0 unspecified atom stereocenters. The summed E-state index contributed by atoms with van der Waals surface area (Å²) in [5.41, 5.74) is 2.03. The number of benzene rings is 2. The van der Waals surface area contributed by atoms with Crippen molar-refractivity contribution >= 4 is 11.0 Å². The summed E-state index contributed by atoms with van der Waals surface area (Å²) in [4.78, 5) is 17.7. The van der Waals surface area contributed by atoms with Gasteiger partial charge in [-0.1, -0.05) is 18.2 Å². The van der Waals surface area contributed by atoms with Crippen molar-refractivity contribution in [1.29, 1.82) is 0 Å². The lowest BCUT2D eigenvalue weighted by Gasteiger charge is -2.11. The lowest BCUT2D eigenvalue weighted by Crippen LogP contribution is -2.22. The number of nitrogens with zero attached hydrogens (tertiary/aromatic N) is 4. The Bertz CT molecular complexity index is 1110. The maximum absolute atomic E-state index is 13.0. The number of aromatic nitrogens is 4. The Morgan fingerprint density at radius 1 is 1.00 bits per heavy atom. The first kappa shape index (κ1) is 16.1. The lowest BCUT2D eigenvalue weighted by molar-refractivity contribution is 0.340. The van der Waals surface area contributed by atoms with Gasteiger partial charge in [-0.2, -0.15) is 5.10 Å². The minimum atomic E-state index is -0.140. The third-order valence-electron chi connectivity index (χ3n) is 4.18. The second-order valence-corrected chi connectivity index (χ2v) is 5.86. The van der Waals surface area contributed by atoms with E-state index in [-0.39, 0.29) is 5.56 Å². The summed E-state index contributed by atoms with van der Waals surface area (Å²) >= 11 is 0. The van der Waals surface area contributed by atoms with Crippen LogP contribution in [-0.2, 0) is 0 Å². The molecule has 0 aliphatic carbocycles. The van der Waals surface area contributed by atoms with E-state index in [1.165, 1.54) is 0 Å². The van der Waals surface area contributed by atoms with Crippen molar-refractivity contribution in [1.82, 2.24) is 19.3 Å². The summed E-state index contributed by atoms with van der Waals surface area (Å²) in [5, 5.41) is 4.84. The maximum atomic E-state index is 13.0. The summed E-state index contributed by atoms with van der Waals surface area (Å²) in [6.45, 7) is 4.36. The number of hydrogen-bond donors (Lipinski definition) is 0. The van der Waals surface area contributed by atoms with Gasteiger partial charge in [-0.15, -0.1) is 0 Å². The van der Waals surface area contributed by atoms with E-state index >= 15 is 0 Å². The maximum Gasteiger partial charge on any atom is 0.269 e. The zero-order chi connectivity index (χ0) is 18.1. The fraction of sp³-hybridized carbons (Fsp3) is 0.150. The van der Waals surface area contributed by atoms with Gasteiger partial charge in [-0.3, -0.25) is 9.36 Å². The molecule has 6 heteroatoms. The van der Waals surface area contributed by atoms with Crippen molar-refractivity contribution in [2.75, 3.05) is 6.61 Å². The molecular formula is C20H18N4O2. The van der Waals surface area contributed by atoms with Gasteiger partial charge in [-0.05, 0) is 50.2 Å². The first-order valence-electron chi connectivity index (χ1n) is 8.45. The SMILES string of the molecule is CCOc1ccc(-n2c(C)nc3c(cnn3-c3ccccc3)c2=O)cc1. The van der Waals surface area contributed by atoms with Gasteiger partial charge in [0, 0.05) is 0 Å². The molecule has 130 valence electrons. The molecule has 0 radical (unpaired) electrons. The fourth-order valence-corrected chi connectivity index (χ4v) is 2.99. The molecule has 0 N–H and O–H groups in total. The van der Waals surface area contributed by atoms with Gasteiger partial charge in [0.15, 0.2) is 5.65 Å². The topological polar surface area (TPSA) is 61.9 Å². The average Bonchev–Trinajstić information content (AvgIpc) is 3.08. The van der Waals surface area contributed by atoms with Crippen LogP contribution in [0.15, 0.2) is 65.6 Å². The van der Waals surface area contributed by atoms with E-state index in [9.17, 15) is 4.79 Å². The molecule has 0 fully saturated rings. The highest BCUT2D eigenvalue weighted by atomic mass is 16.5. The van der Waals surface area contributed by atoms with Crippen molar-refractivity contribution in [3.63, 3.8) is 0 Å². The third-order valence-corrected chi connectivity index (χ3v) is 4.18. The molecule has 0 atom stereocenters. The molecule has 0 saturated heterocycles. The smallest absolute Gasteiger partial charge is 0.269 e. The molecule has 2 aromatic heterocycles. The van der Waals surface area contributed by atoms with Gasteiger partial charge < -0.3 is 4.74 Å². The zero-order valence-electron chi connectivity index (χ0n) is 14.6. The van der Waals surface area contributed by atoms with Crippen LogP contribution in [0.1, 0.15) is 12.7 Å². The molecule has 0 aliphatic heterocycles. The molecule has 0 amide bonds. The van der Waals surface area contributed by atoms with E-state index in [1.54, 1.807) is 15.4 Å². The number of para-hydroxylation sites is 1. The molecule has 0 spiro atoms. The monoisotopic (exact) mass is 346 g/mol. The molecule has 4 aromatic rings. The second kappa shape index (κ2) is 6.48. The largest absolute Gasteiger partial charge is 0.494 e. The zero-order valence-corrected chi connectivity index (χ0v) is 14.6. The second-order valence-electron chi connectivity index (χ2n) is 5.86. The van der Waals surface area contributed by atoms with Gasteiger partial charge in [-0.25, -0.2) is 9.67 Å². The van der Waals surface area contributed by atoms with Gasteiger partial charge in [0.2, 0.25) is 0 Å². The van der Waals surface area contributed by atoms with E-state index in [0.717, 1.165) is 17.1 Å². The Morgan fingerprint density at radius 3 is 2.42 bits per heavy atom. The van der Waals surface area contributed by atoms with Crippen molar-refractivity contribution < 1.29 is 4.74 Å². The standard InChI is InChI=1S/C20H18N4O2/c1-3-26-17-11-9-15(10-12-17)23-14(2)22-19-18(20(23)25)13-21-24(19)16-7-5-4-6-8-16/h4-13H,3H2,1-2H3. The van der Waals surface area contributed by atoms with Gasteiger partial charge in [0.05, 0.1) is 24.2 Å². The normalized spacial score (nSPS) is 11.0. The fourth-order valence-electron chi connectivity index (χ4n) is 2.99. The minimum Gasteiger partial charge on any atom is -0.494 e. The van der Waals surface area contributed by atoms with Crippen molar-refractivity contribution in [2.45, 2.75) is 13.8 Å². The first-order chi connectivity index (χ1) is 12.7. The van der Waals surface area contributed by atoms with Crippen LogP contribution in [0, 0.1) is 6.92 Å². The van der Waals surface area contributed by atoms with Crippen LogP contribution in [0.25, 0.3) is 22.4 Å². The Morgan fingerprint density at radius 2 is 1.73 bits per heavy atom. The Kier molecular flexibility index (Phi) is 4.01. The van der Waals surface area contributed by atoms with Crippen LogP contribution in [0.4, 0.5) is 0 Å². The van der Waals surface area contributed by atoms with Crippen LogP contribution < -0.4 is 10.3 Å². The summed E-state index contributed by atoms with van der Waals surface area (Å²) in [6, 6.07) is 17.1. The molecule has 2 aromatic carbocycles. The predicted molar refractivity (Wildman–Crippen MR) is 100 cm³/mol. The summed E-state index contributed by atoms with van der Waals surface area (Å²) in [5.74, 6) is 1.37. The Labute approximate surface area is 150 Å². The van der Waals surface area contributed by atoms with Gasteiger partial charge in [0.25, 0.3) is 5.56 Å². The van der Waals surface area contributed by atoms with E-state index in [1.807, 2.05) is 68.4 Å². The number of rotatable bonds is 4. The van der Waals surface area contributed by atoms with Crippen LogP contribution in [0.5, 0.6) is 5.75 Å². The van der Waals surface area contributed by atoms with E-state index < -0.39 is 0 Å². The van der Waals surface area contributed by atoms with Crippen LogP contribution in [0.2, 0.25) is 0 Å². The summed E-state index contributed by atoms with van der Waals surface area (Å²) < 4.78 is 8.74. The molecule has 0 saturated carbocycles. The Hall–Kier alpha value is -3.41. The van der Waals surface area contributed by atoms with E-state index in [4.69, 9.17) is 4.74 Å². The highest BCUT2D eigenvalue weighted by molar-refractivity contribution is 5.75. The minimum absolute atomic E-state index is 0.140. The highest BCUT2D eigenvalue weighted by Gasteiger charge is 2.15.